The Morgan fingerprint density at radius 2 is 2.35 bits per heavy atom. The second-order valence-electron chi connectivity index (χ2n) is 4.25. The molecule has 3 nitrogen and oxygen atoms in total. The summed E-state index contributed by atoms with van der Waals surface area (Å²) in [5.41, 5.74) is 0. The van der Waals surface area contributed by atoms with Crippen molar-refractivity contribution in [2.24, 2.45) is 0 Å². The molecular formula is C12H17Cl2N3. The van der Waals surface area contributed by atoms with Gasteiger partial charge in [0.15, 0.2) is 0 Å². The van der Waals surface area contributed by atoms with Crippen LogP contribution in [0.5, 0.6) is 0 Å². The van der Waals surface area contributed by atoms with Gasteiger partial charge in [0.1, 0.15) is 5.82 Å². The summed E-state index contributed by atoms with van der Waals surface area (Å²) in [6, 6.07) is 2.23. The molecule has 0 radical (unpaired) electrons. The number of nitrogens with one attached hydrogen (secondary N) is 1. The fraction of sp³-hybridized carbons (Fsp3) is 0.583. The van der Waals surface area contributed by atoms with E-state index in [1.54, 1.807) is 12.3 Å². The van der Waals surface area contributed by atoms with Gasteiger partial charge < -0.3 is 10.2 Å². The summed E-state index contributed by atoms with van der Waals surface area (Å²) >= 11 is 12.1. The monoisotopic (exact) mass is 273 g/mol. The van der Waals surface area contributed by atoms with Crippen molar-refractivity contribution in [1.29, 1.82) is 0 Å². The van der Waals surface area contributed by atoms with Crippen molar-refractivity contribution in [3.05, 3.63) is 22.3 Å². The van der Waals surface area contributed by atoms with E-state index in [1.165, 1.54) is 12.8 Å². The molecule has 0 bridgehead atoms. The molecule has 1 unspecified atom stereocenters. The highest BCUT2D eigenvalue weighted by Crippen LogP contribution is 2.28. The number of anilines is 1. The summed E-state index contributed by atoms with van der Waals surface area (Å²) < 4.78 is 0. The summed E-state index contributed by atoms with van der Waals surface area (Å²) in [6.07, 6.45) is 4.04. The van der Waals surface area contributed by atoms with E-state index >= 15 is 0 Å². The zero-order chi connectivity index (χ0) is 12.3. The first-order chi connectivity index (χ1) is 8.22. The molecule has 5 heteroatoms. The average molecular weight is 274 g/mol. The number of piperidine rings is 1. The Morgan fingerprint density at radius 3 is 2.94 bits per heavy atom. The highest BCUT2D eigenvalue weighted by molar-refractivity contribution is 6.36. The molecule has 1 saturated heterocycles. The van der Waals surface area contributed by atoms with Gasteiger partial charge in [0.05, 0.1) is 10.0 Å². The molecule has 0 aliphatic carbocycles. The van der Waals surface area contributed by atoms with Crippen molar-refractivity contribution in [2.45, 2.75) is 25.8 Å². The van der Waals surface area contributed by atoms with Crippen LogP contribution in [0.3, 0.4) is 0 Å². The summed E-state index contributed by atoms with van der Waals surface area (Å²) in [5.74, 6) is 0.840. The van der Waals surface area contributed by atoms with Crippen molar-refractivity contribution in [3.63, 3.8) is 0 Å². The molecule has 17 heavy (non-hydrogen) atoms. The van der Waals surface area contributed by atoms with Crippen LogP contribution in [-0.2, 0) is 0 Å². The molecule has 2 heterocycles. The number of aromatic nitrogens is 1. The lowest BCUT2D eigenvalue weighted by Gasteiger charge is -2.35. The molecule has 0 aromatic carbocycles. The molecule has 2 rings (SSSR count). The lowest BCUT2D eigenvalue weighted by molar-refractivity contribution is 0.433. The van der Waals surface area contributed by atoms with E-state index in [0.717, 1.165) is 25.5 Å². The highest BCUT2D eigenvalue weighted by atomic mass is 35.5. The van der Waals surface area contributed by atoms with Crippen LogP contribution in [0.15, 0.2) is 12.3 Å². The Kier molecular flexibility index (Phi) is 4.48. The third kappa shape index (κ3) is 3.03. The summed E-state index contributed by atoms with van der Waals surface area (Å²) in [5, 5.41) is 4.62. The van der Waals surface area contributed by atoms with Crippen LogP contribution in [0.4, 0.5) is 5.82 Å². The van der Waals surface area contributed by atoms with Crippen molar-refractivity contribution < 1.29 is 0 Å². The van der Waals surface area contributed by atoms with Crippen molar-refractivity contribution in [2.75, 3.05) is 24.5 Å². The first-order valence-corrected chi connectivity index (χ1v) is 6.76. The summed E-state index contributed by atoms with van der Waals surface area (Å²) in [6.45, 7) is 5.13. The standard InChI is InChI=1S/C12H17Cl2N3/c1-2-17(10-4-3-5-15-8-10)12-11(14)6-9(13)7-16-12/h6-7,10,15H,2-5,8H2,1H3. The Balaban J connectivity index is 2.21. The van der Waals surface area contributed by atoms with Crippen molar-refractivity contribution in [1.82, 2.24) is 10.3 Å². The Bertz CT molecular complexity index is 378. The maximum atomic E-state index is 6.21. The molecule has 1 aliphatic heterocycles. The minimum Gasteiger partial charge on any atom is -0.351 e. The first kappa shape index (κ1) is 12.9. The molecule has 1 aromatic heterocycles. The quantitative estimate of drug-likeness (QED) is 0.918. The fourth-order valence-electron chi connectivity index (χ4n) is 2.30. The van der Waals surface area contributed by atoms with Gasteiger partial charge in [-0.1, -0.05) is 23.2 Å². The molecule has 1 N–H and O–H groups in total. The van der Waals surface area contributed by atoms with E-state index in [9.17, 15) is 0 Å². The third-order valence-electron chi connectivity index (χ3n) is 3.11. The van der Waals surface area contributed by atoms with Gasteiger partial charge in [-0.15, -0.1) is 0 Å². The van der Waals surface area contributed by atoms with Crippen LogP contribution in [0, 0.1) is 0 Å². The van der Waals surface area contributed by atoms with Crippen LogP contribution in [0.2, 0.25) is 10.0 Å². The van der Waals surface area contributed by atoms with Gasteiger partial charge in [0.2, 0.25) is 0 Å². The minimum atomic E-state index is 0.472. The topological polar surface area (TPSA) is 28.2 Å². The molecule has 1 aliphatic rings. The fourth-order valence-corrected chi connectivity index (χ4v) is 2.79. The molecule has 0 amide bonds. The maximum Gasteiger partial charge on any atom is 0.147 e. The molecule has 1 atom stereocenters. The molecule has 0 spiro atoms. The van der Waals surface area contributed by atoms with Crippen LogP contribution in [0.25, 0.3) is 0 Å². The maximum absolute atomic E-state index is 6.21. The van der Waals surface area contributed by atoms with Crippen molar-refractivity contribution >= 4 is 29.0 Å². The van der Waals surface area contributed by atoms with E-state index in [1.807, 2.05) is 0 Å². The molecule has 0 saturated carbocycles. The van der Waals surface area contributed by atoms with E-state index in [0.29, 0.717) is 16.1 Å². The molecule has 1 aromatic rings. The predicted molar refractivity (Wildman–Crippen MR) is 73.2 cm³/mol. The van der Waals surface area contributed by atoms with E-state index in [4.69, 9.17) is 23.2 Å². The number of halogens is 2. The Labute approximate surface area is 112 Å². The third-order valence-corrected chi connectivity index (χ3v) is 3.60. The number of pyridine rings is 1. The van der Waals surface area contributed by atoms with Gasteiger partial charge in [-0.25, -0.2) is 4.98 Å². The number of likely N-dealkylation sites (N-methyl/N-ethyl adjacent to an activating group) is 1. The number of hydrogen-bond acceptors (Lipinski definition) is 3. The highest BCUT2D eigenvalue weighted by Gasteiger charge is 2.22. The smallest absolute Gasteiger partial charge is 0.147 e. The van der Waals surface area contributed by atoms with Crippen LogP contribution < -0.4 is 10.2 Å². The van der Waals surface area contributed by atoms with Gasteiger partial charge in [-0.3, -0.25) is 0 Å². The Morgan fingerprint density at radius 1 is 1.53 bits per heavy atom. The second-order valence-corrected chi connectivity index (χ2v) is 5.09. The summed E-state index contributed by atoms with van der Waals surface area (Å²) in [7, 11) is 0. The van der Waals surface area contributed by atoms with Gasteiger partial charge in [-0.05, 0) is 32.4 Å². The molecule has 94 valence electrons. The number of nitrogens with zero attached hydrogens (tertiary/aromatic N) is 2. The Hall–Kier alpha value is -0.510. The predicted octanol–water partition coefficient (Wildman–Crippen LogP) is 2.97. The van der Waals surface area contributed by atoms with Gasteiger partial charge in [-0.2, -0.15) is 0 Å². The zero-order valence-corrected chi connectivity index (χ0v) is 11.4. The largest absolute Gasteiger partial charge is 0.351 e. The normalized spacial score (nSPS) is 20.3. The number of rotatable bonds is 3. The average Bonchev–Trinajstić information content (AvgIpc) is 2.34. The lowest BCUT2D eigenvalue weighted by Crippen LogP contribution is -2.46. The van der Waals surface area contributed by atoms with E-state index in [-0.39, 0.29) is 0 Å². The molecular weight excluding hydrogens is 257 g/mol. The number of hydrogen-bond donors (Lipinski definition) is 1. The lowest BCUT2D eigenvalue weighted by atomic mass is 10.1. The second kappa shape index (κ2) is 5.89. The van der Waals surface area contributed by atoms with Gasteiger partial charge in [0, 0.05) is 25.3 Å². The van der Waals surface area contributed by atoms with Crippen LogP contribution >= 0.6 is 23.2 Å². The minimum absolute atomic E-state index is 0.472. The van der Waals surface area contributed by atoms with Crippen LogP contribution in [-0.4, -0.2) is 30.7 Å². The first-order valence-electron chi connectivity index (χ1n) is 6.00. The summed E-state index contributed by atoms with van der Waals surface area (Å²) in [4.78, 5) is 6.61. The van der Waals surface area contributed by atoms with E-state index in [2.05, 4.69) is 22.1 Å². The molecule has 1 fully saturated rings. The SMILES string of the molecule is CCN(c1ncc(Cl)cc1Cl)C1CCCNC1. The zero-order valence-electron chi connectivity index (χ0n) is 9.92. The van der Waals surface area contributed by atoms with E-state index < -0.39 is 0 Å². The van der Waals surface area contributed by atoms with Gasteiger partial charge in [0.25, 0.3) is 0 Å². The van der Waals surface area contributed by atoms with Crippen LogP contribution in [0.1, 0.15) is 19.8 Å². The van der Waals surface area contributed by atoms with Crippen molar-refractivity contribution in [3.8, 4) is 0 Å². The van der Waals surface area contributed by atoms with Gasteiger partial charge >= 0.3 is 0 Å².